The summed E-state index contributed by atoms with van der Waals surface area (Å²) < 4.78 is 13.7. The Hall–Kier alpha value is -1.82. The predicted octanol–water partition coefficient (Wildman–Crippen LogP) is 2.44. The maximum absolute atomic E-state index is 13.7. The summed E-state index contributed by atoms with van der Waals surface area (Å²) in [5, 5.41) is 14.7. The number of nitrogens with two attached hydrogens (primary N) is 1. The number of rotatable bonds is 6. The zero-order valence-corrected chi connectivity index (χ0v) is 12.7. The third-order valence-corrected chi connectivity index (χ3v) is 3.94. The first kappa shape index (κ1) is 17.2. The van der Waals surface area contributed by atoms with Gasteiger partial charge >= 0.3 is 0 Å². The number of halogens is 2. The summed E-state index contributed by atoms with van der Waals surface area (Å²) in [6.45, 7) is 3.61. The SMILES string of the molecule is CCC(CC)(NC(=O)Cc1c(F)cccc1Cl)/C(N)=N/O. The number of hydrogen-bond acceptors (Lipinski definition) is 3. The summed E-state index contributed by atoms with van der Waals surface area (Å²) in [5.41, 5.74) is 4.83. The van der Waals surface area contributed by atoms with Gasteiger partial charge in [-0.15, -0.1) is 0 Å². The molecule has 0 aliphatic heterocycles. The van der Waals surface area contributed by atoms with E-state index < -0.39 is 17.3 Å². The molecule has 0 fully saturated rings. The minimum absolute atomic E-state index is 0.0829. The summed E-state index contributed by atoms with van der Waals surface area (Å²) in [4.78, 5) is 12.1. The molecule has 7 heteroatoms. The highest BCUT2D eigenvalue weighted by molar-refractivity contribution is 6.31. The van der Waals surface area contributed by atoms with Crippen LogP contribution in [0.1, 0.15) is 32.3 Å². The molecule has 1 aromatic carbocycles. The Morgan fingerprint density at radius 3 is 2.57 bits per heavy atom. The summed E-state index contributed by atoms with van der Waals surface area (Å²) in [7, 11) is 0. The number of amidine groups is 1. The maximum Gasteiger partial charge on any atom is 0.225 e. The van der Waals surface area contributed by atoms with Crippen LogP contribution in [0.3, 0.4) is 0 Å². The number of amides is 1. The van der Waals surface area contributed by atoms with Crippen LogP contribution in [0.2, 0.25) is 5.02 Å². The van der Waals surface area contributed by atoms with Gasteiger partial charge in [0.05, 0.1) is 6.42 Å². The van der Waals surface area contributed by atoms with Gasteiger partial charge in [-0.05, 0) is 25.0 Å². The molecule has 0 aromatic heterocycles. The average molecular weight is 316 g/mol. The lowest BCUT2D eigenvalue weighted by atomic mass is 9.91. The van der Waals surface area contributed by atoms with Crippen molar-refractivity contribution in [1.29, 1.82) is 0 Å². The van der Waals surface area contributed by atoms with E-state index in [0.717, 1.165) is 0 Å². The lowest BCUT2D eigenvalue weighted by Crippen LogP contribution is -2.57. The van der Waals surface area contributed by atoms with Gasteiger partial charge in [-0.1, -0.05) is 36.7 Å². The summed E-state index contributed by atoms with van der Waals surface area (Å²) in [6, 6.07) is 4.23. The molecule has 0 saturated carbocycles. The Morgan fingerprint density at radius 2 is 2.10 bits per heavy atom. The quantitative estimate of drug-likeness (QED) is 0.326. The molecule has 1 rings (SSSR count). The number of carbonyl (C=O) groups is 1. The Labute approximate surface area is 128 Å². The van der Waals surface area contributed by atoms with E-state index in [4.69, 9.17) is 22.5 Å². The number of carbonyl (C=O) groups excluding carboxylic acids is 1. The molecule has 0 heterocycles. The van der Waals surface area contributed by atoms with E-state index in [2.05, 4.69) is 10.5 Å². The molecule has 0 unspecified atom stereocenters. The predicted molar refractivity (Wildman–Crippen MR) is 80.0 cm³/mol. The Balaban J connectivity index is 2.94. The fourth-order valence-electron chi connectivity index (χ4n) is 2.12. The highest BCUT2D eigenvalue weighted by Gasteiger charge is 2.33. The van der Waals surface area contributed by atoms with Crippen molar-refractivity contribution in [3.8, 4) is 0 Å². The van der Waals surface area contributed by atoms with Crippen LogP contribution in [0.4, 0.5) is 4.39 Å². The first-order chi connectivity index (χ1) is 9.90. The van der Waals surface area contributed by atoms with E-state index in [1.165, 1.54) is 18.2 Å². The van der Waals surface area contributed by atoms with E-state index in [9.17, 15) is 9.18 Å². The van der Waals surface area contributed by atoms with Crippen molar-refractivity contribution in [2.45, 2.75) is 38.6 Å². The first-order valence-electron chi connectivity index (χ1n) is 6.62. The fraction of sp³-hybridized carbons (Fsp3) is 0.429. The molecule has 5 nitrogen and oxygen atoms in total. The van der Waals surface area contributed by atoms with E-state index in [-0.39, 0.29) is 22.8 Å². The molecular weight excluding hydrogens is 297 g/mol. The standard InChI is InChI=1S/C14H19ClFN3O2/c1-3-14(4-2,13(17)19-21)18-12(20)8-9-10(15)6-5-7-11(9)16/h5-7,21H,3-4,8H2,1-2H3,(H2,17,19)(H,18,20). The molecule has 1 amide bonds. The minimum atomic E-state index is -0.955. The topological polar surface area (TPSA) is 87.7 Å². The number of oxime groups is 1. The first-order valence-corrected chi connectivity index (χ1v) is 6.99. The Bertz CT molecular complexity index is 525. The third-order valence-electron chi connectivity index (χ3n) is 3.58. The zero-order valence-electron chi connectivity index (χ0n) is 12.0. The van der Waals surface area contributed by atoms with Crippen LogP contribution in [0, 0.1) is 5.82 Å². The van der Waals surface area contributed by atoms with Crippen LogP contribution < -0.4 is 11.1 Å². The Kier molecular flexibility index (Phi) is 5.96. The lowest BCUT2D eigenvalue weighted by molar-refractivity contribution is -0.121. The summed E-state index contributed by atoms with van der Waals surface area (Å²) >= 11 is 5.89. The molecule has 21 heavy (non-hydrogen) atoms. The Morgan fingerprint density at radius 1 is 1.48 bits per heavy atom. The average Bonchev–Trinajstić information content (AvgIpc) is 2.48. The van der Waals surface area contributed by atoms with Gasteiger partial charge in [-0.2, -0.15) is 0 Å². The van der Waals surface area contributed by atoms with Crippen LogP contribution in [0.5, 0.6) is 0 Å². The van der Waals surface area contributed by atoms with Crippen LogP contribution in [0.15, 0.2) is 23.4 Å². The number of nitrogens with one attached hydrogen (secondary N) is 1. The molecule has 0 spiro atoms. The molecule has 0 aliphatic rings. The van der Waals surface area contributed by atoms with Crippen LogP contribution >= 0.6 is 11.6 Å². The highest BCUT2D eigenvalue weighted by atomic mass is 35.5. The van der Waals surface area contributed by atoms with E-state index in [1.54, 1.807) is 13.8 Å². The largest absolute Gasteiger partial charge is 0.409 e. The van der Waals surface area contributed by atoms with Gasteiger partial charge in [0, 0.05) is 10.6 Å². The second kappa shape index (κ2) is 7.26. The highest BCUT2D eigenvalue weighted by Crippen LogP contribution is 2.21. The monoisotopic (exact) mass is 315 g/mol. The maximum atomic E-state index is 13.7. The molecule has 1 aromatic rings. The van der Waals surface area contributed by atoms with Crippen molar-refractivity contribution in [3.05, 3.63) is 34.6 Å². The van der Waals surface area contributed by atoms with Crippen molar-refractivity contribution in [2.75, 3.05) is 0 Å². The van der Waals surface area contributed by atoms with Gasteiger partial charge in [0.2, 0.25) is 5.91 Å². The summed E-state index contributed by atoms with van der Waals surface area (Å²) in [5.74, 6) is -1.07. The molecule has 0 radical (unpaired) electrons. The molecule has 4 N–H and O–H groups in total. The van der Waals surface area contributed by atoms with Crippen molar-refractivity contribution < 1.29 is 14.4 Å². The molecule has 0 bridgehead atoms. The van der Waals surface area contributed by atoms with Crippen molar-refractivity contribution in [2.24, 2.45) is 10.9 Å². The van der Waals surface area contributed by atoms with E-state index in [1.807, 2.05) is 0 Å². The minimum Gasteiger partial charge on any atom is -0.409 e. The van der Waals surface area contributed by atoms with Crippen molar-refractivity contribution >= 4 is 23.3 Å². The second-order valence-corrected chi connectivity index (χ2v) is 5.11. The fourth-order valence-corrected chi connectivity index (χ4v) is 2.35. The van der Waals surface area contributed by atoms with Gasteiger partial charge in [-0.3, -0.25) is 4.79 Å². The van der Waals surface area contributed by atoms with Gasteiger partial charge in [0.15, 0.2) is 5.84 Å². The lowest BCUT2D eigenvalue weighted by Gasteiger charge is -2.31. The number of benzene rings is 1. The second-order valence-electron chi connectivity index (χ2n) is 4.70. The molecule has 116 valence electrons. The van der Waals surface area contributed by atoms with Gasteiger partial charge in [0.1, 0.15) is 11.4 Å². The van der Waals surface area contributed by atoms with Crippen LogP contribution in [-0.2, 0) is 11.2 Å². The van der Waals surface area contributed by atoms with E-state index >= 15 is 0 Å². The third kappa shape index (κ3) is 3.85. The van der Waals surface area contributed by atoms with E-state index in [0.29, 0.717) is 12.8 Å². The molecule has 0 atom stereocenters. The number of hydrogen-bond donors (Lipinski definition) is 3. The zero-order chi connectivity index (χ0) is 16.0. The molecular formula is C14H19ClFN3O2. The smallest absolute Gasteiger partial charge is 0.225 e. The normalized spacial score (nSPS) is 12.3. The van der Waals surface area contributed by atoms with Gasteiger partial charge < -0.3 is 16.3 Å². The van der Waals surface area contributed by atoms with Gasteiger partial charge in [-0.25, -0.2) is 4.39 Å². The van der Waals surface area contributed by atoms with Crippen molar-refractivity contribution in [3.63, 3.8) is 0 Å². The van der Waals surface area contributed by atoms with Crippen LogP contribution in [-0.4, -0.2) is 22.5 Å². The molecule has 0 saturated heterocycles. The summed E-state index contributed by atoms with van der Waals surface area (Å²) in [6.07, 6.45) is 0.665. The van der Waals surface area contributed by atoms with Gasteiger partial charge in [0.25, 0.3) is 0 Å². The van der Waals surface area contributed by atoms with Crippen molar-refractivity contribution in [1.82, 2.24) is 5.32 Å². The number of nitrogens with zero attached hydrogens (tertiary/aromatic N) is 1. The van der Waals surface area contributed by atoms with Crippen LogP contribution in [0.25, 0.3) is 0 Å². The molecule has 0 aliphatic carbocycles.